The Morgan fingerprint density at radius 2 is 2.00 bits per heavy atom. The first-order valence-electron chi connectivity index (χ1n) is 6.00. The molecule has 0 aromatic heterocycles. The van der Waals surface area contributed by atoms with E-state index >= 15 is 0 Å². The van der Waals surface area contributed by atoms with Gasteiger partial charge in [0.15, 0.2) is 0 Å². The van der Waals surface area contributed by atoms with Crippen molar-refractivity contribution in [3.63, 3.8) is 0 Å². The third-order valence-electron chi connectivity index (χ3n) is 3.10. The second-order valence-electron chi connectivity index (χ2n) is 4.52. The Morgan fingerprint density at radius 3 is 2.75 bits per heavy atom. The number of aryl methyl sites for hydroxylation is 2. The zero-order valence-corrected chi connectivity index (χ0v) is 10.2. The molecule has 16 heavy (non-hydrogen) atoms. The standard InChI is InChI=1S/C13H21N3/c1-11-3-4-12(2)13(9-11)15-10-16-7-5-14-6-8-16/h3-4,9,14-15H,5-8,10H2,1-2H3. The van der Waals surface area contributed by atoms with Crippen molar-refractivity contribution < 1.29 is 0 Å². The highest BCUT2D eigenvalue weighted by Crippen LogP contribution is 2.16. The molecular weight excluding hydrogens is 198 g/mol. The second-order valence-corrected chi connectivity index (χ2v) is 4.52. The van der Waals surface area contributed by atoms with Crippen LogP contribution in [-0.4, -0.2) is 37.7 Å². The molecule has 1 saturated heterocycles. The van der Waals surface area contributed by atoms with Gasteiger partial charge in [-0.3, -0.25) is 4.90 Å². The minimum absolute atomic E-state index is 0.950. The Bertz CT molecular complexity index is 343. The highest BCUT2D eigenvalue weighted by molar-refractivity contribution is 5.52. The molecule has 3 nitrogen and oxygen atoms in total. The molecule has 0 aliphatic carbocycles. The van der Waals surface area contributed by atoms with Crippen LogP contribution in [0.3, 0.4) is 0 Å². The van der Waals surface area contributed by atoms with Crippen LogP contribution in [0.25, 0.3) is 0 Å². The topological polar surface area (TPSA) is 27.3 Å². The van der Waals surface area contributed by atoms with Crippen molar-refractivity contribution in [3.05, 3.63) is 29.3 Å². The van der Waals surface area contributed by atoms with Crippen LogP contribution < -0.4 is 10.6 Å². The van der Waals surface area contributed by atoms with Gasteiger partial charge in [0.2, 0.25) is 0 Å². The average Bonchev–Trinajstić information content (AvgIpc) is 2.32. The van der Waals surface area contributed by atoms with Crippen LogP contribution in [0.1, 0.15) is 11.1 Å². The molecule has 0 radical (unpaired) electrons. The first-order chi connectivity index (χ1) is 7.75. The van der Waals surface area contributed by atoms with E-state index in [1.165, 1.54) is 16.8 Å². The number of hydrogen-bond acceptors (Lipinski definition) is 3. The summed E-state index contributed by atoms with van der Waals surface area (Å²) >= 11 is 0. The molecule has 3 heteroatoms. The lowest BCUT2D eigenvalue weighted by atomic mass is 10.1. The Kier molecular flexibility index (Phi) is 3.80. The van der Waals surface area contributed by atoms with E-state index in [1.54, 1.807) is 0 Å². The molecule has 0 atom stereocenters. The van der Waals surface area contributed by atoms with Gasteiger partial charge in [-0.2, -0.15) is 0 Å². The Morgan fingerprint density at radius 1 is 1.25 bits per heavy atom. The number of rotatable bonds is 3. The Labute approximate surface area is 97.8 Å². The monoisotopic (exact) mass is 219 g/mol. The van der Waals surface area contributed by atoms with Crippen LogP contribution in [0.15, 0.2) is 18.2 Å². The van der Waals surface area contributed by atoms with E-state index in [4.69, 9.17) is 0 Å². The average molecular weight is 219 g/mol. The van der Waals surface area contributed by atoms with E-state index in [0.29, 0.717) is 0 Å². The van der Waals surface area contributed by atoms with Crippen LogP contribution in [-0.2, 0) is 0 Å². The molecule has 0 amide bonds. The van der Waals surface area contributed by atoms with E-state index in [2.05, 4.69) is 47.6 Å². The lowest BCUT2D eigenvalue weighted by molar-refractivity contribution is 0.256. The zero-order chi connectivity index (χ0) is 11.4. The summed E-state index contributed by atoms with van der Waals surface area (Å²) in [5.74, 6) is 0. The van der Waals surface area contributed by atoms with Gasteiger partial charge >= 0.3 is 0 Å². The van der Waals surface area contributed by atoms with Gasteiger partial charge < -0.3 is 10.6 Å². The van der Waals surface area contributed by atoms with Crippen molar-refractivity contribution in [2.24, 2.45) is 0 Å². The van der Waals surface area contributed by atoms with E-state index in [-0.39, 0.29) is 0 Å². The molecular formula is C13H21N3. The van der Waals surface area contributed by atoms with Gasteiger partial charge in [-0.15, -0.1) is 0 Å². The van der Waals surface area contributed by atoms with E-state index in [0.717, 1.165) is 32.8 Å². The predicted octanol–water partition coefficient (Wildman–Crippen LogP) is 1.58. The first-order valence-corrected chi connectivity index (χ1v) is 6.00. The minimum atomic E-state index is 0.950. The maximum Gasteiger partial charge on any atom is 0.0679 e. The van der Waals surface area contributed by atoms with Crippen LogP contribution in [0, 0.1) is 13.8 Å². The summed E-state index contributed by atoms with van der Waals surface area (Å²) in [4.78, 5) is 2.44. The summed E-state index contributed by atoms with van der Waals surface area (Å²) in [6.07, 6.45) is 0. The number of hydrogen-bond donors (Lipinski definition) is 2. The third-order valence-corrected chi connectivity index (χ3v) is 3.10. The highest BCUT2D eigenvalue weighted by Gasteiger charge is 2.08. The van der Waals surface area contributed by atoms with E-state index in [1.807, 2.05) is 0 Å². The maximum atomic E-state index is 3.52. The molecule has 0 bridgehead atoms. The molecule has 2 rings (SSSR count). The third kappa shape index (κ3) is 2.97. The van der Waals surface area contributed by atoms with Crippen LogP contribution in [0.2, 0.25) is 0 Å². The molecule has 1 fully saturated rings. The smallest absolute Gasteiger partial charge is 0.0679 e. The van der Waals surface area contributed by atoms with E-state index < -0.39 is 0 Å². The fourth-order valence-corrected chi connectivity index (χ4v) is 1.99. The molecule has 1 aliphatic heterocycles. The number of nitrogens with zero attached hydrogens (tertiary/aromatic N) is 1. The molecule has 1 aliphatic rings. The summed E-state index contributed by atoms with van der Waals surface area (Å²) in [6, 6.07) is 6.55. The molecule has 0 saturated carbocycles. The fourth-order valence-electron chi connectivity index (χ4n) is 1.99. The predicted molar refractivity (Wildman–Crippen MR) is 68.8 cm³/mol. The molecule has 88 valence electrons. The largest absolute Gasteiger partial charge is 0.372 e. The minimum Gasteiger partial charge on any atom is -0.372 e. The van der Waals surface area contributed by atoms with Gasteiger partial charge in [-0.1, -0.05) is 12.1 Å². The lowest BCUT2D eigenvalue weighted by Gasteiger charge is -2.28. The van der Waals surface area contributed by atoms with Gasteiger partial charge in [0.05, 0.1) is 6.67 Å². The molecule has 0 unspecified atom stereocenters. The van der Waals surface area contributed by atoms with Crippen molar-refractivity contribution in [1.82, 2.24) is 10.2 Å². The normalized spacial score (nSPS) is 17.4. The van der Waals surface area contributed by atoms with Crippen LogP contribution >= 0.6 is 0 Å². The maximum absolute atomic E-state index is 3.52. The first kappa shape index (κ1) is 11.4. The zero-order valence-electron chi connectivity index (χ0n) is 10.2. The molecule has 1 aromatic carbocycles. The number of anilines is 1. The van der Waals surface area contributed by atoms with Gasteiger partial charge in [-0.25, -0.2) is 0 Å². The quantitative estimate of drug-likeness (QED) is 0.808. The van der Waals surface area contributed by atoms with Crippen molar-refractivity contribution in [1.29, 1.82) is 0 Å². The van der Waals surface area contributed by atoms with Crippen LogP contribution in [0.5, 0.6) is 0 Å². The number of benzene rings is 1. The van der Waals surface area contributed by atoms with Crippen molar-refractivity contribution in [3.8, 4) is 0 Å². The van der Waals surface area contributed by atoms with Gasteiger partial charge in [0.25, 0.3) is 0 Å². The molecule has 1 heterocycles. The Balaban J connectivity index is 1.90. The van der Waals surface area contributed by atoms with Crippen molar-refractivity contribution in [2.75, 3.05) is 38.2 Å². The molecule has 2 N–H and O–H groups in total. The number of nitrogens with one attached hydrogen (secondary N) is 2. The fraction of sp³-hybridized carbons (Fsp3) is 0.538. The summed E-state index contributed by atoms with van der Waals surface area (Å²) in [5.41, 5.74) is 3.90. The second kappa shape index (κ2) is 5.32. The van der Waals surface area contributed by atoms with Crippen LogP contribution in [0.4, 0.5) is 5.69 Å². The highest BCUT2D eigenvalue weighted by atomic mass is 15.3. The SMILES string of the molecule is Cc1ccc(C)c(NCN2CCNCC2)c1. The lowest BCUT2D eigenvalue weighted by Crippen LogP contribution is -2.45. The van der Waals surface area contributed by atoms with Crippen molar-refractivity contribution in [2.45, 2.75) is 13.8 Å². The Hall–Kier alpha value is -1.06. The molecule has 0 spiro atoms. The van der Waals surface area contributed by atoms with Gasteiger partial charge in [0.1, 0.15) is 0 Å². The van der Waals surface area contributed by atoms with Crippen molar-refractivity contribution >= 4 is 5.69 Å². The summed E-state index contributed by atoms with van der Waals surface area (Å²) in [7, 11) is 0. The molecule has 1 aromatic rings. The summed E-state index contributed by atoms with van der Waals surface area (Å²) < 4.78 is 0. The number of piperazine rings is 1. The van der Waals surface area contributed by atoms with E-state index in [9.17, 15) is 0 Å². The summed E-state index contributed by atoms with van der Waals surface area (Å²) in [6.45, 7) is 9.72. The van der Waals surface area contributed by atoms with Gasteiger partial charge in [0, 0.05) is 31.9 Å². The van der Waals surface area contributed by atoms with Gasteiger partial charge in [-0.05, 0) is 31.0 Å². The summed E-state index contributed by atoms with van der Waals surface area (Å²) in [5, 5.41) is 6.89.